The van der Waals surface area contributed by atoms with Gasteiger partial charge >= 0.3 is 0 Å². The predicted octanol–water partition coefficient (Wildman–Crippen LogP) is 3.21. The zero-order chi connectivity index (χ0) is 18.9. The van der Waals surface area contributed by atoms with Gasteiger partial charge in [-0.25, -0.2) is 0 Å². The normalized spacial score (nSPS) is 22.6. The smallest absolute Gasteiger partial charge is 0.259 e. The van der Waals surface area contributed by atoms with Crippen LogP contribution in [0.3, 0.4) is 0 Å². The molecule has 4 rings (SSSR count). The van der Waals surface area contributed by atoms with Gasteiger partial charge in [0.1, 0.15) is 5.56 Å². The first-order valence-electron chi connectivity index (χ1n) is 9.73. The highest BCUT2D eigenvalue weighted by Crippen LogP contribution is 2.41. The third kappa shape index (κ3) is 3.13. The number of hydrogen-bond donors (Lipinski definition) is 0. The van der Waals surface area contributed by atoms with Gasteiger partial charge in [0.15, 0.2) is 5.76 Å². The molecule has 27 heavy (non-hydrogen) atoms. The maximum Gasteiger partial charge on any atom is 0.259 e. The molecule has 0 bridgehead atoms. The maximum absolute atomic E-state index is 13.1. The van der Waals surface area contributed by atoms with Crippen LogP contribution in [0.4, 0.5) is 0 Å². The van der Waals surface area contributed by atoms with E-state index in [0.717, 1.165) is 44.3 Å². The van der Waals surface area contributed by atoms with Crippen molar-refractivity contribution in [3.05, 3.63) is 42.1 Å². The average molecular weight is 367 g/mol. The van der Waals surface area contributed by atoms with Crippen LogP contribution in [0.25, 0.3) is 11.3 Å². The highest BCUT2D eigenvalue weighted by Gasteiger charge is 2.49. The number of piperidine rings is 1. The van der Waals surface area contributed by atoms with Gasteiger partial charge < -0.3 is 14.3 Å². The molecule has 2 fully saturated rings. The van der Waals surface area contributed by atoms with Crippen LogP contribution in [0.5, 0.6) is 0 Å². The quantitative estimate of drug-likeness (QED) is 0.832. The van der Waals surface area contributed by atoms with Gasteiger partial charge in [0.25, 0.3) is 5.91 Å². The van der Waals surface area contributed by atoms with E-state index in [1.54, 1.807) is 4.90 Å². The Hall–Kier alpha value is -2.63. The van der Waals surface area contributed by atoms with Gasteiger partial charge in [0.2, 0.25) is 5.91 Å². The summed E-state index contributed by atoms with van der Waals surface area (Å²) in [5.74, 6) is 0.607. The second-order valence-electron chi connectivity index (χ2n) is 7.59. The SMILES string of the molecule is CCCN1CCCC2(CCN(C(=O)c3cnoc3-c3ccccc3)C2)C1=O. The second kappa shape index (κ2) is 7.18. The Morgan fingerprint density at radius 2 is 2.04 bits per heavy atom. The second-order valence-corrected chi connectivity index (χ2v) is 7.59. The van der Waals surface area contributed by atoms with Gasteiger partial charge in [-0.1, -0.05) is 42.4 Å². The number of amides is 2. The monoisotopic (exact) mass is 367 g/mol. The van der Waals surface area contributed by atoms with Crippen LogP contribution in [-0.4, -0.2) is 52.9 Å². The summed E-state index contributed by atoms with van der Waals surface area (Å²) in [6.45, 7) is 4.83. The molecule has 2 saturated heterocycles. The predicted molar refractivity (Wildman–Crippen MR) is 101 cm³/mol. The molecule has 1 aromatic heterocycles. The van der Waals surface area contributed by atoms with Crippen LogP contribution in [0.2, 0.25) is 0 Å². The van der Waals surface area contributed by atoms with Crippen LogP contribution < -0.4 is 0 Å². The molecule has 1 atom stereocenters. The zero-order valence-electron chi connectivity index (χ0n) is 15.7. The Labute approximate surface area is 159 Å². The Morgan fingerprint density at radius 1 is 1.22 bits per heavy atom. The lowest BCUT2D eigenvalue weighted by Gasteiger charge is -2.39. The molecule has 2 aliphatic heterocycles. The number of rotatable bonds is 4. The van der Waals surface area contributed by atoms with E-state index >= 15 is 0 Å². The molecule has 3 heterocycles. The molecule has 1 spiro atoms. The first-order chi connectivity index (χ1) is 13.1. The molecule has 2 aliphatic rings. The summed E-state index contributed by atoms with van der Waals surface area (Å²) in [5.41, 5.74) is 0.884. The molecular formula is C21H25N3O3. The van der Waals surface area contributed by atoms with Crippen LogP contribution in [-0.2, 0) is 4.79 Å². The van der Waals surface area contributed by atoms with Crippen molar-refractivity contribution in [1.29, 1.82) is 0 Å². The number of benzene rings is 1. The van der Waals surface area contributed by atoms with Crippen molar-refractivity contribution in [1.82, 2.24) is 15.0 Å². The van der Waals surface area contributed by atoms with Gasteiger partial charge in [0.05, 0.1) is 11.6 Å². The van der Waals surface area contributed by atoms with Crippen molar-refractivity contribution < 1.29 is 14.1 Å². The van der Waals surface area contributed by atoms with Crippen molar-refractivity contribution in [2.75, 3.05) is 26.2 Å². The van der Waals surface area contributed by atoms with E-state index in [9.17, 15) is 9.59 Å². The van der Waals surface area contributed by atoms with Gasteiger partial charge in [-0.2, -0.15) is 0 Å². The summed E-state index contributed by atoms with van der Waals surface area (Å²) in [7, 11) is 0. The molecule has 1 aromatic carbocycles. The van der Waals surface area contributed by atoms with Gasteiger partial charge in [0, 0.05) is 31.7 Å². The van der Waals surface area contributed by atoms with E-state index in [2.05, 4.69) is 12.1 Å². The van der Waals surface area contributed by atoms with E-state index in [1.807, 2.05) is 35.2 Å². The zero-order valence-corrected chi connectivity index (χ0v) is 15.7. The average Bonchev–Trinajstić information content (AvgIpc) is 3.34. The Kier molecular flexibility index (Phi) is 4.72. The molecule has 1 unspecified atom stereocenters. The van der Waals surface area contributed by atoms with Crippen LogP contribution in [0.1, 0.15) is 43.0 Å². The molecular weight excluding hydrogens is 342 g/mol. The van der Waals surface area contributed by atoms with Crippen LogP contribution >= 0.6 is 0 Å². The van der Waals surface area contributed by atoms with Gasteiger partial charge in [-0.05, 0) is 25.7 Å². The third-order valence-corrected chi connectivity index (χ3v) is 5.80. The number of nitrogens with zero attached hydrogens (tertiary/aromatic N) is 3. The lowest BCUT2D eigenvalue weighted by molar-refractivity contribution is -0.145. The Bertz CT molecular complexity index is 830. The standard InChI is InChI=1S/C21H25N3O3/c1-2-11-23-12-6-9-21(20(23)26)10-13-24(15-21)19(25)17-14-22-27-18(17)16-7-4-3-5-8-16/h3-5,7-8,14H,2,6,9-13,15H2,1H3. The van der Waals surface area contributed by atoms with Crippen molar-refractivity contribution in [2.24, 2.45) is 5.41 Å². The molecule has 142 valence electrons. The minimum Gasteiger partial charge on any atom is -0.355 e. The van der Waals surface area contributed by atoms with Crippen molar-refractivity contribution in [2.45, 2.75) is 32.6 Å². The summed E-state index contributed by atoms with van der Waals surface area (Å²) in [6, 6.07) is 9.52. The fourth-order valence-corrected chi connectivity index (χ4v) is 4.42. The molecule has 0 radical (unpaired) electrons. The maximum atomic E-state index is 13.1. The topological polar surface area (TPSA) is 66.7 Å². The summed E-state index contributed by atoms with van der Waals surface area (Å²) >= 11 is 0. The van der Waals surface area contributed by atoms with E-state index < -0.39 is 5.41 Å². The van der Waals surface area contributed by atoms with E-state index in [1.165, 1.54) is 6.20 Å². The van der Waals surface area contributed by atoms with Crippen molar-refractivity contribution in [3.63, 3.8) is 0 Å². The lowest BCUT2D eigenvalue weighted by atomic mass is 9.78. The molecule has 0 N–H and O–H groups in total. The number of likely N-dealkylation sites (tertiary alicyclic amines) is 2. The first kappa shape index (κ1) is 17.8. The highest BCUT2D eigenvalue weighted by atomic mass is 16.5. The fraction of sp³-hybridized carbons (Fsp3) is 0.476. The molecule has 6 heteroatoms. The summed E-state index contributed by atoms with van der Waals surface area (Å²) < 4.78 is 5.37. The number of carbonyl (C=O) groups excluding carboxylic acids is 2. The van der Waals surface area contributed by atoms with Crippen molar-refractivity contribution in [3.8, 4) is 11.3 Å². The minimum absolute atomic E-state index is 0.104. The van der Waals surface area contributed by atoms with E-state index in [0.29, 0.717) is 24.4 Å². The summed E-state index contributed by atoms with van der Waals surface area (Å²) in [6.07, 6.45) is 5.07. The first-order valence-corrected chi connectivity index (χ1v) is 9.73. The molecule has 6 nitrogen and oxygen atoms in total. The Morgan fingerprint density at radius 3 is 2.81 bits per heavy atom. The number of aromatic nitrogens is 1. The van der Waals surface area contributed by atoms with Gasteiger partial charge in [-0.3, -0.25) is 9.59 Å². The minimum atomic E-state index is -0.410. The lowest BCUT2D eigenvalue weighted by Crippen LogP contribution is -2.50. The largest absolute Gasteiger partial charge is 0.355 e. The van der Waals surface area contributed by atoms with Crippen LogP contribution in [0.15, 0.2) is 41.1 Å². The molecule has 2 aromatic rings. The molecule has 2 amide bonds. The Balaban J connectivity index is 1.54. The molecule has 0 saturated carbocycles. The molecule has 0 aliphatic carbocycles. The van der Waals surface area contributed by atoms with E-state index in [-0.39, 0.29) is 11.8 Å². The number of hydrogen-bond acceptors (Lipinski definition) is 4. The summed E-state index contributed by atoms with van der Waals surface area (Å²) in [4.78, 5) is 30.0. The van der Waals surface area contributed by atoms with Crippen molar-refractivity contribution >= 4 is 11.8 Å². The highest BCUT2D eigenvalue weighted by molar-refractivity contribution is 6.00. The van der Waals surface area contributed by atoms with E-state index in [4.69, 9.17) is 4.52 Å². The summed E-state index contributed by atoms with van der Waals surface area (Å²) in [5, 5.41) is 3.85. The van der Waals surface area contributed by atoms with Crippen LogP contribution in [0, 0.1) is 5.41 Å². The van der Waals surface area contributed by atoms with Gasteiger partial charge in [-0.15, -0.1) is 0 Å². The fourth-order valence-electron chi connectivity index (χ4n) is 4.42. The third-order valence-electron chi connectivity index (χ3n) is 5.80. The number of carbonyl (C=O) groups is 2.